The largest absolute Gasteiger partial charge is 0.366 e. The zero-order valence-corrected chi connectivity index (χ0v) is 18.8. The molecule has 0 N–H and O–H groups in total. The Labute approximate surface area is 176 Å². The Morgan fingerprint density at radius 2 is 1.66 bits per heavy atom. The minimum Gasteiger partial charge on any atom is -0.366 e. The molecule has 2 atom stereocenters. The first-order chi connectivity index (χ1) is 13.8. The highest BCUT2D eigenvalue weighted by Crippen LogP contribution is 2.36. The summed E-state index contributed by atoms with van der Waals surface area (Å²) in [5.41, 5.74) is 4.39. The van der Waals surface area contributed by atoms with E-state index < -0.39 is 0 Å². The monoisotopic (exact) mass is 396 g/mol. The van der Waals surface area contributed by atoms with E-state index in [1.807, 2.05) is 19.1 Å². The van der Waals surface area contributed by atoms with Gasteiger partial charge < -0.3 is 4.90 Å². The number of amides is 2. The Bertz CT molecular complexity index is 801. The molecular weight excluding hydrogens is 360 g/mol. The molecule has 2 heterocycles. The van der Waals surface area contributed by atoms with Crippen molar-refractivity contribution >= 4 is 17.4 Å². The van der Waals surface area contributed by atoms with E-state index >= 15 is 0 Å². The molecule has 1 aromatic rings. The predicted octanol–water partition coefficient (Wildman–Crippen LogP) is 4.94. The van der Waals surface area contributed by atoms with Gasteiger partial charge >= 0.3 is 0 Å². The second-order valence-electron chi connectivity index (χ2n) is 9.22. The van der Waals surface area contributed by atoms with E-state index in [0.29, 0.717) is 29.7 Å². The first kappa shape index (κ1) is 21.6. The first-order valence-electron chi connectivity index (χ1n) is 11.3. The second kappa shape index (κ2) is 9.15. The summed E-state index contributed by atoms with van der Waals surface area (Å²) in [6.45, 7) is 13.0. The van der Waals surface area contributed by atoms with Crippen LogP contribution in [-0.4, -0.2) is 41.2 Å². The van der Waals surface area contributed by atoms with E-state index in [4.69, 9.17) is 0 Å². The number of hydrogen-bond donors (Lipinski definition) is 0. The molecule has 0 radical (unpaired) electrons. The van der Waals surface area contributed by atoms with E-state index in [9.17, 15) is 9.59 Å². The van der Waals surface area contributed by atoms with Crippen molar-refractivity contribution in [1.82, 2.24) is 9.80 Å². The van der Waals surface area contributed by atoms with Crippen LogP contribution in [0.25, 0.3) is 5.57 Å². The van der Waals surface area contributed by atoms with Crippen molar-refractivity contribution in [2.45, 2.75) is 66.7 Å². The maximum absolute atomic E-state index is 13.5. The summed E-state index contributed by atoms with van der Waals surface area (Å²) in [4.78, 5) is 30.6. The third kappa shape index (κ3) is 4.57. The van der Waals surface area contributed by atoms with Crippen LogP contribution >= 0.6 is 0 Å². The number of benzene rings is 1. The maximum Gasteiger partial charge on any atom is 0.277 e. The highest BCUT2D eigenvalue weighted by Gasteiger charge is 2.42. The fourth-order valence-electron chi connectivity index (χ4n) is 4.94. The van der Waals surface area contributed by atoms with Gasteiger partial charge in [0.1, 0.15) is 5.70 Å². The summed E-state index contributed by atoms with van der Waals surface area (Å²) in [6.07, 6.45) is 5.39. The molecule has 2 aliphatic rings. The van der Waals surface area contributed by atoms with Crippen LogP contribution in [0.5, 0.6) is 0 Å². The number of hydrogen-bond acceptors (Lipinski definition) is 3. The average molecular weight is 397 g/mol. The highest BCUT2D eigenvalue weighted by atomic mass is 16.2. The van der Waals surface area contributed by atoms with E-state index in [2.05, 4.69) is 38.7 Å². The molecule has 29 heavy (non-hydrogen) atoms. The summed E-state index contributed by atoms with van der Waals surface area (Å²) < 4.78 is 0. The van der Waals surface area contributed by atoms with Crippen molar-refractivity contribution in [2.24, 2.45) is 11.8 Å². The fourth-order valence-corrected chi connectivity index (χ4v) is 4.94. The number of imide groups is 1. The zero-order valence-electron chi connectivity index (χ0n) is 18.8. The summed E-state index contributed by atoms with van der Waals surface area (Å²) in [5.74, 6) is 0.836. The van der Waals surface area contributed by atoms with Crippen LogP contribution in [0.4, 0.5) is 0 Å². The van der Waals surface area contributed by atoms with Gasteiger partial charge in [0, 0.05) is 19.6 Å². The van der Waals surface area contributed by atoms with E-state index in [1.165, 1.54) is 16.9 Å². The molecule has 0 bridgehead atoms. The predicted molar refractivity (Wildman–Crippen MR) is 118 cm³/mol. The van der Waals surface area contributed by atoms with Crippen LogP contribution in [0.1, 0.15) is 69.6 Å². The lowest BCUT2D eigenvalue weighted by atomic mass is 9.90. The molecule has 2 aliphatic heterocycles. The molecule has 158 valence electrons. The molecule has 0 saturated carbocycles. The molecule has 4 heteroatoms. The Morgan fingerprint density at radius 1 is 0.966 bits per heavy atom. The zero-order chi connectivity index (χ0) is 21.1. The van der Waals surface area contributed by atoms with Gasteiger partial charge in [-0.1, -0.05) is 63.8 Å². The van der Waals surface area contributed by atoms with Crippen LogP contribution in [0, 0.1) is 25.7 Å². The molecule has 1 saturated heterocycles. The van der Waals surface area contributed by atoms with Crippen molar-refractivity contribution in [2.75, 3.05) is 19.6 Å². The number of carbonyl (C=O) groups excluding carboxylic acids is 2. The standard InChI is InChI=1S/C25H36N2O2/c1-6-7-8-9-12-27-24(28)22(21-11-10-17(2)14-20(21)5)23(25(27)29)26-15-18(3)13-19(4)16-26/h10-11,14,18-19H,6-9,12-13,15-16H2,1-5H3. The minimum atomic E-state index is -0.112. The lowest BCUT2D eigenvalue weighted by Gasteiger charge is -2.37. The molecule has 1 fully saturated rings. The lowest BCUT2D eigenvalue weighted by Crippen LogP contribution is -2.42. The summed E-state index contributed by atoms with van der Waals surface area (Å²) >= 11 is 0. The van der Waals surface area contributed by atoms with Gasteiger partial charge in [0.05, 0.1) is 5.57 Å². The van der Waals surface area contributed by atoms with Crippen LogP contribution in [0.15, 0.2) is 23.9 Å². The number of nitrogens with zero attached hydrogens (tertiary/aromatic N) is 2. The van der Waals surface area contributed by atoms with Gasteiger partial charge in [-0.2, -0.15) is 0 Å². The third-order valence-corrected chi connectivity index (χ3v) is 6.22. The van der Waals surface area contributed by atoms with E-state index in [-0.39, 0.29) is 11.8 Å². The topological polar surface area (TPSA) is 40.6 Å². The smallest absolute Gasteiger partial charge is 0.277 e. The molecule has 2 unspecified atom stereocenters. The minimum absolute atomic E-state index is 0.0947. The molecule has 4 nitrogen and oxygen atoms in total. The molecular formula is C25H36N2O2. The van der Waals surface area contributed by atoms with Crippen LogP contribution < -0.4 is 0 Å². The normalized spacial score (nSPS) is 22.8. The molecule has 1 aromatic carbocycles. The van der Waals surface area contributed by atoms with Gasteiger partial charge in [0.15, 0.2) is 0 Å². The van der Waals surface area contributed by atoms with Gasteiger partial charge in [-0.15, -0.1) is 0 Å². The number of piperidine rings is 1. The maximum atomic E-state index is 13.5. The Kier molecular flexibility index (Phi) is 6.81. The van der Waals surface area contributed by atoms with E-state index in [0.717, 1.165) is 49.9 Å². The van der Waals surface area contributed by atoms with Gasteiger partial charge in [0.2, 0.25) is 0 Å². The van der Waals surface area contributed by atoms with Crippen LogP contribution in [0.2, 0.25) is 0 Å². The summed E-state index contributed by atoms with van der Waals surface area (Å²) in [7, 11) is 0. The molecule has 0 aromatic heterocycles. The highest BCUT2D eigenvalue weighted by molar-refractivity contribution is 6.35. The SMILES string of the molecule is CCCCCCN1C(=O)C(c2ccc(C)cc2C)=C(N2CC(C)CC(C)C2)C1=O. The number of likely N-dealkylation sites (tertiary alicyclic amines) is 1. The van der Waals surface area contributed by atoms with Gasteiger partial charge in [0.25, 0.3) is 11.8 Å². The number of carbonyl (C=O) groups is 2. The average Bonchev–Trinajstić information content (AvgIpc) is 2.89. The van der Waals surface area contributed by atoms with Crippen molar-refractivity contribution in [3.05, 3.63) is 40.6 Å². The van der Waals surface area contributed by atoms with Gasteiger partial charge in [-0.05, 0) is 49.7 Å². The van der Waals surface area contributed by atoms with Crippen molar-refractivity contribution < 1.29 is 9.59 Å². The Hall–Kier alpha value is -2.10. The van der Waals surface area contributed by atoms with Crippen LogP contribution in [0.3, 0.4) is 0 Å². The molecule has 2 amide bonds. The van der Waals surface area contributed by atoms with Gasteiger partial charge in [-0.25, -0.2) is 0 Å². The van der Waals surface area contributed by atoms with Crippen LogP contribution in [-0.2, 0) is 9.59 Å². The number of unbranched alkanes of at least 4 members (excludes halogenated alkanes) is 3. The number of aryl methyl sites for hydroxylation is 2. The quantitative estimate of drug-likeness (QED) is 0.484. The molecule has 0 aliphatic carbocycles. The fraction of sp³-hybridized carbons (Fsp3) is 0.600. The Balaban J connectivity index is 1.99. The van der Waals surface area contributed by atoms with Crippen molar-refractivity contribution in [3.63, 3.8) is 0 Å². The van der Waals surface area contributed by atoms with Crippen molar-refractivity contribution in [3.8, 4) is 0 Å². The van der Waals surface area contributed by atoms with Crippen molar-refractivity contribution in [1.29, 1.82) is 0 Å². The van der Waals surface area contributed by atoms with Gasteiger partial charge in [-0.3, -0.25) is 14.5 Å². The lowest BCUT2D eigenvalue weighted by molar-refractivity contribution is -0.137. The summed E-state index contributed by atoms with van der Waals surface area (Å²) in [6, 6.07) is 6.15. The van der Waals surface area contributed by atoms with E-state index in [1.54, 1.807) is 0 Å². The third-order valence-electron chi connectivity index (χ3n) is 6.22. The molecule has 3 rings (SSSR count). The Morgan fingerprint density at radius 3 is 2.28 bits per heavy atom. The number of rotatable bonds is 7. The first-order valence-corrected chi connectivity index (χ1v) is 11.3. The molecule has 0 spiro atoms. The second-order valence-corrected chi connectivity index (χ2v) is 9.22. The summed E-state index contributed by atoms with van der Waals surface area (Å²) in [5, 5.41) is 0.